The van der Waals surface area contributed by atoms with Crippen LogP contribution in [0.3, 0.4) is 0 Å². The molecule has 1 saturated heterocycles. The zero-order chi connectivity index (χ0) is 17.0. The van der Waals surface area contributed by atoms with Gasteiger partial charge in [-0.05, 0) is 37.1 Å². The number of nitrogens with zero attached hydrogens (tertiary/aromatic N) is 2. The molecule has 1 aromatic carbocycles. The van der Waals surface area contributed by atoms with Gasteiger partial charge in [0.2, 0.25) is 15.9 Å². The lowest BCUT2D eigenvalue weighted by atomic mass is 9.99. The molecule has 1 N–H and O–H groups in total. The Bertz CT molecular complexity index is 643. The number of carbonyl (C=O) groups excluding carboxylic acids is 1. The molecule has 0 saturated carbocycles. The molecule has 0 aliphatic carbocycles. The number of ether oxygens (including phenoxy) is 1. The first-order chi connectivity index (χ1) is 10.8. The molecule has 2 rings (SSSR count). The number of sulfonamides is 1. The fourth-order valence-electron chi connectivity index (χ4n) is 2.58. The number of benzene rings is 1. The van der Waals surface area contributed by atoms with Crippen molar-refractivity contribution < 1.29 is 17.9 Å². The predicted octanol–water partition coefficient (Wildman–Crippen LogP) is 0.689. The van der Waals surface area contributed by atoms with Crippen molar-refractivity contribution in [3.05, 3.63) is 24.3 Å². The van der Waals surface area contributed by atoms with Gasteiger partial charge in [0.05, 0.1) is 17.9 Å². The summed E-state index contributed by atoms with van der Waals surface area (Å²) < 4.78 is 31.9. The van der Waals surface area contributed by atoms with E-state index in [-0.39, 0.29) is 23.3 Å². The van der Waals surface area contributed by atoms with Crippen molar-refractivity contribution in [2.24, 2.45) is 5.92 Å². The molecule has 0 radical (unpaired) electrons. The van der Waals surface area contributed by atoms with E-state index in [1.54, 1.807) is 31.2 Å². The Morgan fingerprint density at radius 1 is 1.30 bits per heavy atom. The average molecular weight is 341 g/mol. The molecule has 1 amide bonds. The van der Waals surface area contributed by atoms with Gasteiger partial charge in [-0.25, -0.2) is 13.4 Å². The maximum absolute atomic E-state index is 12.7. The van der Waals surface area contributed by atoms with E-state index in [4.69, 9.17) is 4.74 Å². The Morgan fingerprint density at radius 3 is 2.52 bits per heavy atom. The van der Waals surface area contributed by atoms with Gasteiger partial charge in [0.15, 0.2) is 0 Å². The zero-order valence-corrected chi connectivity index (χ0v) is 14.5. The number of hydrogen-bond donors (Lipinski definition) is 1. The van der Waals surface area contributed by atoms with Crippen LogP contribution < -0.4 is 10.2 Å². The first-order valence-electron chi connectivity index (χ1n) is 7.46. The number of nitrogens with one attached hydrogen (secondary N) is 1. The van der Waals surface area contributed by atoms with E-state index in [9.17, 15) is 13.2 Å². The van der Waals surface area contributed by atoms with Crippen molar-refractivity contribution in [2.75, 3.05) is 34.3 Å². The Hall–Kier alpha value is -1.64. The van der Waals surface area contributed by atoms with Crippen LogP contribution in [0.5, 0.6) is 5.75 Å². The topological polar surface area (TPSA) is 79.0 Å². The second-order valence-electron chi connectivity index (χ2n) is 5.75. The average Bonchev–Trinajstić information content (AvgIpc) is 2.54. The van der Waals surface area contributed by atoms with Gasteiger partial charge >= 0.3 is 0 Å². The van der Waals surface area contributed by atoms with Crippen molar-refractivity contribution in [3.63, 3.8) is 0 Å². The summed E-state index contributed by atoms with van der Waals surface area (Å²) in [6.45, 7) is 0.633. The van der Waals surface area contributed by atoms with Gasteiger partial charge in [0.25, 0.3) is 0 Å². The smallest absolute Gasteiger partial charge is 0.243 e. The quantitative estimate of drug-likeness (QED) is 0.797. The Labute approximate surface area is 137 Å². The van der Waals surface area contributed by atoms with Crippen molar-refractivity contribution in [3.8, 4) is 5.75 Å². The van der Waals surface area contributed by atoms with Gasteiger partial charge < -0.3 is 4.74 Å². The molecule has 1 atom stereocenters. The molecule has 128 valence electrons. The molecular formula is C15H23N3O4S. The van der Waals surface area contributed by atoms with E-state index in [1.165, 1.54) is 23.5 Å². The van der Waals surface area contributed by atoms with E-state index in [0.717, 1.165) is 0 Å². The van der Waals surface area contributed by atoms with E-state index in [1.807, 2.05) is 0 Å². The van der Waals surface area contributed by atoms with Crippen LogP contribution in [0.15, 0.2) is 29.2 Å². The number of carbonyl (C=O) groups is 1. The van der Waals surface area contributed by atoms with Crippen molar-refractivity contribution >= 4 is 15.9 Å². The minimum absolute atomic E-state index is 0.148. The summed E-state index contributed by atoms with van der Waals surface area (Å²) >= 11 is 0. The van der Waals surface area contributed by atoms with Crippen LogP contribution in [0, 0.1) is 5.92 Å². The van der Waals surface area contributed by atoms with Crippen molar-refractivity contribution in [1.82, 2.24) is 14.7 Å². The summed E-state index contributed by atoms with van der Waals surface area (Å²) in [5.74, 6) is 0.120. The fraction of sp³-hybridized carbons (Fsp3) is 0.533. The zero-order valence-electron chi connectivity index (χ0n) is 13.7. The summed E-state index contributed by atoms with van der Waals surface area (Å²) in [7, 11) is 1.39. The minimum Gasteiger partial charge on any atom is -0.497 e. The molecular weight excluding hydrogens is 318 g/mol. The Kier molecular flexibility index (Phi) is 5.61. The molecule has 1 aromatic rings. The van der Waals surface area contributed by atoms with E-state index in [2.05, 4.69) is 5.43 Å². The van der Waals surface area contributed by atoms with Crippen LogP contribution in [0.25, 0.3) is 0 Å². The third-order valence-electron chi connectivity index (χ3n) is 3.79. The lowest BCUT2D eigenvalue weighted by Gasteiger charge is -2.31. The number of methoxy groups -OCH3 is 1. The van der Waals surface area contributed by atoms with Crippen LogP contribution in [0.2, 0.25) is 0 Å². The van der Waals surface area contributed by atoms with Crippen molar-refractivity contribution in [1.29, 1.82) is 0 Å². The highest BCUT2D eigenvalue weighted by molar-refractivity contribution is 7.89. The highest BCUT2D eigenvalue weighted by Crippen LogP contribution is 2.25. The molecule has 23 heavy (non-hydrogen) atoms. The van der Waals surface area contributed by atoms with Gasteiger partial charge in [0, 0.05) is 27.2 Å². The first-order valence-corrected chi connectivity index (χ1v) is 8.90. The molecule has 0 aromatic heterocycles. The largest absolute Gasteiger partial charge is 0.497 e. The third kappa shape index (κ3) is 4.21. The number of hydrogen-bond acceptors (Lipinski definition) is 5. The summed E-state index contributed by atoms with van der Waals surface area (Å²) in [5, 5.41) is 1.57. The number of hydrazine groups is 1. The van der Waals surface area contributed by atoms with Crippen LogP contribution >= 0.6 is 0 Å². The molecule has 1 aliphatic rings. The lowest BCUT2D eigenvalue weighted by Crippen LogP contribution is -2.48. The summed E-state index contributed by atoms with van der Waals surface area (Å²) in [5.41, 5.74) is 2.70. The molecule has 8 heteroatoms. The number of amides is 1. The maximum Gasteiger partial charge on any atom is 0.243 e. The maximum atomic E-state index is 12.7. The molecule has 0 spiro atoms. The predicted molar refractivity (Wildman–Crippen MR) is 86.3 cm³/mol. The highest BCUT2D eigenvalue weighted by atomic mass is 32.2. The van der Waals surface area contributed by atoms with Crippen LogP contribution in [-0.2, 0) is 14.8 Å². The molecule has 0 unspecified atom stereocenters. The van der Waals surface area contributed by atoms with Gasteiger partial charge in [-0.1, -0.05) is 0 Å². The van der Waals surface area contributed by atoms with Gasteiger partial charge in [0.1, 0.15) is 5.75 Å². The van der Waals surface area contributed by atoms with Gasteiger partial charge in [-0.15, -0.1) is 0 Å². The normalized spacial score (nSPS) is 19.6. The molecule has 1 heterocycles. The van der Waals surface area contributed by atoms with E-state index < -0.39 is 10.0 Å². The fourth-order valence-corrected chi connectivity index (χ4v) is 4.11. The SMILES string of the molecule is COc1ccc(S(=O)(=O)N2CCC[C@@H](C(=O)NN(C)C)C2)cc1. The van der Waals surface area contributed by atoms with Gasteiger partial charge in [-0.3, -0.25) is 10.2 Å². The molecule has 1 aliphatic heterocycles. The Balaban J connectivity index is 2.14. The lowest BCUT2D eigenvalue weighted by molar-refractivity contribution is -0.129. The summed E-state index contributed by atoms with van der Waals surface area (Å²) in [6, 6.07) is 6.29. The monoisotopic (exact) mass is 341 g/mol. The number of rotatable bonds is 5. The Morgan fingerprint density at radius 2 is 1.96 bits per heavy atom. The second-order valence-corrected chi connectivity index (χ2v) is 7.69. The molecule has 7 nitrogen and oxygen atoms in total. The summed E-state index contributed by atoms with van der Waals surface area (Å²) in [6.07, 6.45) is 1.36. The summed E-state index contributed by atoms with van der Waals surface area (Å²) in [4.78, 5) is 12.3. The first kappa shape index (κ1) is 17.7. The van der Waals surface area contributed by atoms with Crippen LogP contribution in [0.4, 0.5) is 0 Å². The number of piperidine rings is 1. The minimum atomic E-state index is -3.60. The van der Waals surface area contributed by atoms with Crippen LogP contribution in [0.1, 0.15) is 12.8 Å². The van der Waals surface area contributed by atoms with E-state index >= 15 is 0 Å². The standard InChI is InChI=1S/C15H23N3O4S/c1-17(2)16-15(19)12-5-4-10-18(11-12)23(20,21)14-8-6-13(22-3)7-9-14/h6-9,12H,4-5,10-11H2,1-3H3,(H,16,19)/t12-/m1/s1. The highest BCUT2D eigenvalue weighted by Gasteiger charge is 2.33. The van der Waals surface area contributed by atoms with Crippen LogP contribution in [-0.4, -0.2) is 57.9 Å². The van der Waals surface area contributed by atoms with E-state index in [0.29, 0.717) is 25.1 Å². The second kappa shape index (κ2) is 7.29. The molecule has 1 fully saturated rings. The third-order valence-corrected chi connectivity index (χ3v) is 5.67. The van der Waals surface area contributed by atoms with Gasteiger partial charge in [-0.2, -0.15) is 4.31 Å². The molecule has 0 bridgehead atoms. The van der Waals surface area contributed by atoms with Crippen molar-refractivity contribution in [2.45, 2.75) is 17.7 Å².